The van der Waals surface area contributed by atoms with Crippen molar-refractivity contribution in [2.75, 3.05) is 30.6 Å². The van der Waals surface area contributed by atoms with E-state index in [1.165, 1.54) is 11.8 Å². The van der Waals surface area contributed by atoms with Gasteiger partial charge in [-0.25, -0.2) is 8.42 Å². The summed E-state index contributed by atoms with van der Waals surface area (Å²) in [6.07, 6.45) is 0. The number of carboxylic acid groups (broad SMARTS) is 1. The summed E-state index contributed by atoms with van der Waals surface area (Å²) in [5.41, 5.74) is 0. The Morgan fingerprint density at radius 1 is 1.62 bits per heavy atom. The number of sulfonamides is 1. The average molecular weight is 269 g/mol. The Labute approximate surface area is 99.0 Å². The highest BCUT2D eigenvalue weighted by molar-refractivity contribution is 8.00. The van der Waals surface area contributed by atoms with Crippen LogP contribution in [-0.2, 0) is 19.6 Å². The lowest BCUT2D eigenvalue weighted by Gasteiger charge is -2.19. The van der Waals surface area contributed by atoms with Crippen molar-refractivity contribution in [3.05, 3.63) is 0 Å². The first-order valence-corrected chi connectivity index (χ1v) is 7.63. The molecule has 1 atom stereocenters. The van der Waals surface area contributed by atoms with E-state index in [4.69, 9.17) is 9.84 Å². The molecule has 0 aromatic heterocycles. The van der Waals surface area contributed by atoms with Crippen LogP contribution < -0.4 is 0 Å². The van der Waals surface area contributed by atoms with Gasteiger partial charge in [0.05, 0.1) is 18.2 Å². The van der Waals surface area contributed by atoms with E-state index >= 15 is 0 Å². The first-order chi connectivity index (χ1) is 7.49. The van der Waals surface area contributed by atoms with Crippen molar-refractivity contribution in [2.24, 2.45) is 0 Å². The molecule has 0 aliphatic carbocycles. The number of hydrogen-bond donors (Lipinski definition) is 1. The fourth-order valence-corrected chi connectivity index (χ4v) is 4.41. The molecule has 1 unspecified atom stereocenters. The average Bonchev–Trinajstić information content (AvgIpc) is 2.66. The molecule has 0 aromatic carbocycles. The van der Waals surface area contributed by atoms with Gasteiger partial charge in [-0.1, -0.05) is 0 Å². The van der Waals surface area contributed by atoms with Crippen LogP contribution in [0.5, 0.6) is 0 Å². The number of carbonyl (C=O) groups is 1. The standard InChI is InChI=1S/C8H15NO5S2/c1-2-14-3-4-16(12,13)9-6-15-5-7(9)8(10)11/h7H,2-6H2,1H3,(H,10,11). The van der Waals surface area contributed by atoms with Crippen molar-refractivity contribution in [1.82, 2.24) is 4.31 Å². The summed E-state index contributed by atoms with van der Waals surface area (Å²) < 4.78 is 29.6. The van der Waals surface area contributed by atoms with Crippen LogP contribution in [0.25, 0.3) is 0 Å². The quantitative estimate of drug-likeness (QED) is 0.673. The molecule has 0 amide bonds. The molecule has 1 aliphatic rings. The van der Waals surface area contributed by atoms with Gasteiger partial charge in [-0.3, -0.25) is 4.79 Å². The van der Waals surface area contributed by atoms with Gasteiger partial charge in [-0.05, 0) is 6.92 Å². The molecule has 0 bridgehead atoms. The number of carboxylic acids is 1. The molecule has 1 N–H and O–H groups in total. The second kappa shape index (κ2) is 5.85. The highest BCUT2D eigenvalue weighted by atomic mass is 32.2. The predicted molar refractivity (Wildman–Crippen MR) is 60.9 cm³/mol. The van der Waals surface area contributed by atoms with Gasteiger partial charge in [0.2, 0.25) is 10.0 Å². The topological polar surface area (TPSA) is 83.9 Å². The predicted octanol–water partition coefficient (Wildman–Crippen LogP) is -0.188. The minimum Gasteiger partial charge on any atom is -0.480 e. The zero-order chi connectivity index (χ0) is 12.2. The molecule has 0 aromatic rings. The van der Waals surface area contributed by atoms with Crippen LogP contribution in [0.1, 0.15) is 6.92 Å². The summed E-state index contributed by atoms with van der Waals surface area (Å²) in [5.74, 6) is -0.732. The van der Waals surface area contributed by atoms with Gasteiger partial charge in [0, 0.05) is 12.4 Å². The Bertz CT molecular complexity index is 342. The summed E-state index contributed by atoms with van der Waals surface area (Å²) in [4.78, 5) is 10.8. The third-order valence-electron chi connectivity index (χ3n) is 2.17. The van der Waals surface area contributed by atoms with Crippen LogP contribution >= 0.6 is 11.8 Å². The molecule has 1 saturated heterocycles. The van der Waals surface area contributed by atoms with E-state index in [9.17, 15) is 13.2 Å². The van der Waals surface area contributed by atoms with Gasteiger partial charge in [-0.2, -0.15) is 4.31 Å². The van der Waals surface area contributed by atoms with Gasteiger partial charge in [0.1, 0.15) is 6.04 Å². The molecule has 8 heteroatoms. The highest BCUT2D eigenvalue weighted by Crippen LogP contribution is 2.24. The van der Waals surface area contributed by atoms with Crippen LogP contribution in [-0.4, -0.2) is 60.4 Å². The maximum atomic E-state index is 11.8. The molecule has 0 saturated carbocycles. The van der Waals surface area contributed by atoms with E-state index in [-0.39, 0.29) is 18.2 Å². The van der Waals surface area contributed by atoms with Crippen molar-refractivity contribution in [2.45, 2.75) is 13.0 Å². The summed E-state index contributed by atoms with van der Waals surface area (Å²) in [6, 6.07) is -0.934. The maximum Gasteiger partial charge on any atom is 0.322 e. The molecule has 1 aliphatic heterocycles. The van der Waals surface area contributed by atoms with Crippen LogP contribution in [0.3, 0.4) is 0 Å². The molecule has 0 radical (unpaired) electrons. The Morgan fingerprint density at radius 3 is 2.88 bits per heavy atom. The van der Waals surface area contributed by atoms with Crippen molar-refractivity contribution in [3.8, 4) is 0 Å². The fraction of sp³-hybridized carbons (Fsp3) is 0.875. The second-order valence-corrected chi connectivity index (χ2v) is 6.29. The van der Waals surface area contributed by atoms with E-state index in [2.05, 4.69) is 0 Å². The molecule has 94 valence electrons. The minimum absolute atomic E-state index is 0.104. The fourth-order valence-electron chi connectivity index (χ4n) is 1.32. The first kappa shape index (κ1) is 13.8. The molecule has 1 fully saturated rings. The van der Waals surface area contributed by atoms with Crippen molar-refractivity contribution in [1.29, 1.82) is 0 Å². The van der Waals surface area contributed by atoms with Gasteiger partial charge in [0.15, 0.2) is 0 Å². The molecular weight excluding hydrogens is 254 g/mol. The third kappa shape index (κ3) is 3.34. The summed E-state index contributed by atoms with van der Waals surface area (Å²) in [6.45, 7) is 2.33. The Hall–Kier alpha value is -0.310. The number of aliphatic carboxylic acids is 1. The molecule has 1 rings (SSSR count). The molecule has 1 heterocycles. The number of thioether (sulfide) groups is 1. The van der Waals surface area contributed by atoms with Crippen LogP contribution in [0.15, 0.2) is 0 Å². The monoisotopic (exact) mass is 269 g/mol. The van der Waals surface area contributed by atoms with Crippen molar-refractivity contribution >= 4 is 27.8 Å². The zero-order valence-corrected chi connectivity index (χ0v) is 10.6. The minimum atomic E-state index is -3.52. The number of rotatable bonds is 6. The smallest absolute Gasteiger partial charge is 0.322 e. The van der Waals surface area contributed by atoms with Crippen molar-refractivity contribution < 1.29 is 23.1 Å². The van der Waals surface area contributed by atoms with E-state index in [0.717, 1.165) is 4.31 Å². The third-order valence-corrected chi connectivity index (χ3v) is 5.13. The SMILES string of the molecule is CCOCCS(=O)(=O)N1CSCC1C(=O)O. The van der Waals surface area contributed by atoms with Gasteiger partial charge in [0.25, 0.3) is 0 Å². The van der Waals surface area contributed by atoms with E-state index in [1.807, 2.05) is 0 Å². The zero-order valence-electron chi connectivity index (χ0n) is 8.96. The number of ether oxygens (including phenoxy) is 1. The van der Waals surface area contributed by atoms with E-state index < -0.39 is 22.0 Å². The van der Waals surface area contributed by atoms with Crippen molar-refractivity contribution in [3.63, 3.8) is 0 Å². The van der Waals surface area contributed by atoms with Crippen LogP contribution in [0.4, 0.5) is 0 Å². The number of nitrogens with zero attached hydrogens (tertiary/aromatic N) is 1. The maximum absolute atomic E-state index is 11.8. The van der Waals surface area contributed by atoms with Crippen LogP contribution in [0, 0.1) is 0 Å². The molecule has 6 nitrogen and oxygen atoms in total. The molecule has 16 heavy (non-hydrogen) atoms. The Morgan fingerprint density at radius 2 is 2.31 bits per heavy atom. The largest absolute Gasteiger partial charge is 0.480 e. The van der Waals surface area contributed by atoms with E-state index in [0.29, 0.717) is 12.4 Å². The van der Waals surface area contributed by atoms with Crippen LogP contribution in [0.2, 0.25) is 0 Å². The summed E-state index contributed by atoms with van der Waals surface area (Å²) in [7, 11) is -3.52. The first-order valence-electron chi connectivity index (χ1n) is 4.87. The molecule has 0 spiro atoms. The van der Waals surface area contributed by atoms with Gasteiger partial charge < -0.3 is 9.84 Å². The number of hydrogen-bond acceptors (Lipinski definition) is 5. The highest BCUT2D eigenvalue weighted by Gasteiger charge is 2.38. The molecular formula is C8H15NO5S2. The van der Waals surface area contributed by atoms with Gasteiger partial charge >= 0.3 is 5.97 Å². The summed E-state index contributed by atoms with van der Waals surface area (Å²) >= 11 is 1.31. The normalized spacial score (nSPS) is 22.4. The summed E-state index contributed by atoms with van der Waals surface area (Å²) in [5, 5.41) is 8.87. The lowest BCUT2D eigenvalue weighted by Crippen LogP contribution is -2.43. The van der Waals surface area contributed by atoms with Gasteiger partial charge in [-0.15, -0.1) is 11.8 Å². The van der Waals surface area contributed by atoms with E-state index in [1.54, 1.807) is 6.92 Å². The Balaban J connectivity index is 2.63. The lowest BCUT2D eigenvalue weighted by atomic mass is 10.4. The lowest BCUT2D eigenvalue weighted by molar-refractivity contribution is -0.140. The Kier molecular flexibility index (Phi) is 5.03. The second-order valence-electron chi connectivity index (χ2n) is 3.25.